The van der Waals surface area contributed by atoms with Crippen molar-refractivity contribution in [2.24, 2.45) is 5.41 Å². The minimum atomic E-state index is 0.105. The zero-order valence-electron chi connectivity index (χ0n) is 15.3. The molecule has 1 saturated carbocycles. The Morgan fingerprint density at radius 2 is 2.15 bits per heavy atom. The van der Waals surface area contributed by atoms with E-state index in [0.29, 0.717) is 18.2 Å². The summed E-state index contributed by atoms with van der Waals surface area (Å²) in [6.07, 6.45) is 6.06. The molecule has 1 amide bonds. The van der Waals surface area contributed by atoms with E-state index in [1.165, 1.54) is 0 Å². The van der Waals surface area contributed by atoms with E-state index in [0.717, 1.165) is 49.3 Å². The van der Waals surface area contributed by atoms with Crippen LogP contribution in [0.5, 0.6) is 0 Å². The topological polar surface area (TPSA) is 107 Å². The third-order valence-corrected chi connectivity index (χ3v) is 5.60. The largest absolute Gasteiger partial charge is 0.354 e. The molecule has 0 atom stereocenters. The lowest BCUT2D eigenvalue weighted by Gasteiger charge is -2.25. The van der Waals surface area contributed by atoms with Crippen molar-refractivity contribution >= 4 is 22.8 Å². The maximum absolute atomic E-state index is 12.8. The number of aryl methyl sites for hydroxylation is 1. The van der Waals surface area contributed by atoms with E-state index >= 15 is 0 Å². The molecule has 1 spiro atoms. The van der Waals surface area contributed by atoms with Gasteiger partial charge in [-0.3, -0.25) is 9.89 Å². The van der Waals surface area contributed by atoms with Crippen LogP contribution >= 0.6 is 0 Å². The summed E-state index contributed by atoms with van der Waals surface area (Å²) in [5, 5.41) is 7.89. The van der Waals surface area contributed by atoms with Crippen LogP contribution in [0.15, 0.2) is 18.6 Å². The molecule has 3 aromatic rings. The molecule has 2 aliphatic rings. The Bertz CT molecular complexity index is 988. The Kier molecular flexibility index (Phi) is 3.63. The fourth-order valence-electron chi connectivity index (χ4n) is 3.98. The standard InChI is InChI=1S/C18H22N8O/c1-12-22-14(24-23-12)8-15(27)25-6-7-26(10-18(9-25)3-4-18)17-13-2-5-19-16(13)20-11-21-17/h2,5,11H,3-4,6-10H2,1H3,(H,19,20,21)(H,22,23,24). The molecule has 4 heterocycles. The van der Waals surface area contributed by atoms with Crippen molar-refractivity contribution in [3.8, 4) is 0 Å². The van der Waals surface area contributed by atoms with Crippen LogP contribution < -0.4 is 4.90 Å². The number of rotatable bonds is 3. The number of nitrogens with zero attached hydrogens (tertiary/aromatic N) is 6. The first-order valence-electron chi connectivity index (χ1n) is 9.31. The van der Waals surface area contributed by atoms with Crippen LogP contribution in [-0.4, -0.2) is 67.1 Å². The highest BCUT2D eigenvalue weighted by Crippen LogP contribution is 2.48. The van der Waals surface area contributed by atoms with Gasteiger partial charge in [0.25, 0.3) is 0 Å². The number of carbonyl (C=O) groups is 1. The fourth-order valence-corrected chi connectivity index (χ4v) is 3.98. The van der Waals surface area contributed by atoms with Crippen LogP contribution in [0, 0.1) is 12.3 Å². The van der Waals surface area contributed by atoms with E-state index in [1.807, 2.05) is 24.1 Å². The van der Waals surface area contributed by atoms with Gasteiger partial charge in [0, 0.05) is 37.8 Å². The maximum Gasteiger partial charge on any atom is 0.230 e. The van der Waals surface area contributed by atoms with Crippen molar-refractivity contribution in [2.45, 2.75) is 26.2 Å². The number of aromatic nitrogens is 6. The van der Waals surface area contributed by atoms with Gasteiger partial charge in [-0.1, -0.05) is 0 Å². The Balaban J connectivity index is 1.37. The van der Waals surface area contributed by atoms with Gasteiger partial charge in [0.2, 0.25) is 5.91 Å². The fraction of sp³-hybridized carbons (Fsp3) is 0.500. The molecule has 1 saturated heterocycles. The second-order valence-electron chi connectivity index (χ2n) is 7.68. The Labute approximate surface area is 156 Å². The maximum atomic E-state index is 12.8. The molecule has 5 rings (SSSR count). The van der Waals surface area contributed by atoms with E-state index in [4.69, 9.17) is 0 Å². The summed E-state index contributed by atoms with van der Waals surface area (Å²) in [4.78, 5) is 33.4. The van der Waals surface area contributed by atoms with Crippen molar-refractivity contribution in [1.82, 2.24) is 35.0 Å². The lowest BCUT2D eigenvalue weighted by molar-refractivity contribution is -0.131. The number of hydrogen-bond acceptors (Lipinski definition) is 6. The summed E-state index contributed by atoms with van der Waals surface area (Å²) in [6, 6.07) is 2.02. The predicted molar refractivity (Wildman–Crippen MR) is 99.2 cm³/mol. The van der Waals surface area contributed by atoms with Crippen molar-refractivity contribution < 1.29 is 4.79 Å². The monoisotopic (exact) mass is 366 g/mol. The summed E-state index contributed by atoms with van der Waals surface area (Å²) in [6.45, 7) is 4.99. The van der Waals surface area contributed by atoms with Gasteiger partial charge in [-0.2, -0.15) is 5.10 Å². The van der Waals surface area contributed by atoms with Crippen molar-refractivity contribution in [1.29, 1.82) is 0 Å². The lowest BCUT2D eigenvalue weighted by Crippen LogP contribution is -2.37. The van der Waals surface area contributed by atoms with Gasteiger partial charge >= 0.3 is 0 Å². The summed E-state index contributed by atoms with van der Waals surface area (Å²) >= 11 is 0. The van der Waals surface area contributed by atoms with E-state index in [2.05, 4.69) is 35.0 Å². The molecule has 1 aliphatic heterocycles. The zero-order valence-corrected chi connectivity index (χ0v) is 15.3. The number of carbonyl (C=O) groups excluding carboxylic acids is 1. The van der Waals surface area contributed by atoms with Gasteiger partial charge in [0.05, 0.1) is 11.8 Å². The number of nitrogens with one attached hydrogen (secondary N) is 2. The van der Waals surface area contributed by atoms with E-state index in [-0.39, 0.29) is 17.7 Å². The molecule has 0 bridgehead atoms. The summed E-state index contributed by atoms with van der Waals surface area (Å²) < 4.78 is 0. The molecular weight excluding hydrogens is 344 g/mol. The van der Waals surface area contributed by atoms with Gasteiger partial charge in [-0.25, -0.2) is 15.0 Å². The van der Waals surface area contributed by atoms with E-state index in [1.54, 1.807) is 6.33 Å². The molecule has 140 valence electrons. The molecule has 1 aliphatic carbocycles. The normalized spacial score (nSPS) is 18.9. The second kappa shape index (κ2) is 6.04. The SMILES string of the molecule is Cc1n[nH]c(CC(=O)N2CCN(c3ncnc4[nH]ccc34)CC3(CC3)C2)n1. The minimum absolute atomic E-state index is 0.105. The average molecular weight is 366 g/mol. The molecular formula is C18H22N8O. The Hall–Kier alpha value is -2.97. The zero-order chi connectivity index (χ0) is 18.4. The highest BCUT2D eigenvalue weighted by atomic mass is 16.2. The third-order valence-electron chi connectivity index (χ3n) is 5.60. The van der Waals surface area contributed by atoms with E-state index < -0.39 is 0 Å². The van der Waals surface area contributed by atoms with Crippen LogP contribution in [0.2, 0.25) is 0 Å². The smallest absolute Gasteiger partial charge is 0.230 e. The summed E-state index contributed by atoms with van der Waals surface area (Å²) in [5.74, 6) is 2.35. The molecule has 2 fully saturated rings. The quantitative estimate of drug-likeness (QED) is 0.718. The first-order valence-corrected chi connectivity index (χ1v) is 9.31. The molecule has 0 aromatic carbocycles. The predicted octanol–water partition coefficient (Wildman–Crippen LogP) is 1.06. The number of H-pyrrole nitrogens is 2. The summed E-state index contributed by atoms with van der Waals surface area (Å²) in [5.41, 5.74) is 1.03. The van der Waals surface area contributed by atoms with Crippen molar-refractivity contribution in [3.05, 3.63) is 30.2 Å². The molecule has 0 unspecified atom stereocenters. The van der Waals surface area contributed by atoms with Crippen LogP contribution in [0.25, 0.3) is 11.0 Å². The van der Waals surface area contributed by atoms with Gasteiger partial charge in [-0.05, 0) is 25.8 Å². The highest BCUT2D eigenvalue weighted by molar-refractivity contribution is 5.87. The van der Waals surface area contributed by atoms with Gasteiger partial charge in [-0.15, -0.1) is 0 Å². The van der Waals surface area contributed by atoms with Crippen LogP contribution in [0.3, 0.4) is 0 Å². The minimum Gasteiger partial charge on any atom is -0.354 e. The molecule has 2 N–H and O–H groups in total. The number of aromatic amines is 2. The van der Waals surface area contributed by atoms with E-state index in [9.17, 15) is 4.79 Å². The van der Waals surface area contributed by atoms with Gasteiger partial charge in [0.15, 0.2) is 0 Å². The summed E-state index contributed by atoms with van der Waals surface area (Å²) in [7, 11) is 0. The van der Waals surface area contributed by atoms with Crippen molar-refractivity contribution in [3.63, 3.8) is 0 Å². The molecule has 3 aromatic heterocycles. The molecule has 9 heteroatoms. The highest BCUT2D eigenvalue weighted by Gasteiger charge is 2.47. The Morgan fingerprint density at radius 3 is 2.93 bits per heavy atom. The molecule has 0 radical (unpaired) electrons. The van der Waals surface area contributed by atoms with Crippen molar-refractivity contribution in [2.75, 3.05) is 31.1 Å². The number of anilines is 1. The van der Waals surface area contributed by atoms with Gasteiger partial charge in [0.1, 0.15) is 29.4 Å². The first kappa shape index (κ1) is 16.2. The van der Waals surface area contributed by atoms with Crippen LogP contribution in [0.4, 0.5) is 5.82 Å². The lowest BCUT2D eigenvalue weighted by atomic mass is 10.1. The molecule has 9 nitrogen and oxygen atoms in total. The number of amides is 1. The molecule has 27 heavy (non-hydrogen) atoms. The number of fused-ring (bicyclic) bond motifs is 1. The second-order valence-corrected chi connectivity index (χ2v) is 7.68. The van der Waals surface area contributed by atoms with Crippen LogP contribution in [0.1, 0.15) is 24.5 Å². The number of hydrogen-bond donors (Lipinski definition) is 2. The van der Waals surface area contributed by atoms with Crippen LogP contribution in [-0.2, 0) is 11.2 Å². The third kappa shape index (κ3) is 3.02. The Morgan fingerprint density at radius 1 is 1.26 bits per heavy atom. The first-order chi connectivity index (χ1) is 13.1. The van der Waals surface area contributed by atoms with Gasteiger partial charge < -0.3 is 14.8 Å². The average Bonchev–Trinajstić information content (AvgIpc) is 3.09.